The van der Waals surface area contributed by atoms with Crippen LogP contribution in [0.2, 0.25) is 0 Å². The predicted octanol–water partition coefficient (Wildman–Crippen LogP) is 0.794. The number of piperidine rings is 1. The summed E-state index contributed by atoms with van der Waals surface area (Å²) in [5, 5.41) is 2.21. The lowest BCUT2D eigenvalue weighted by Crippen LogP contribution is -2.54. The minimum atomic E-state index is -0.946. The Morgan fingerprint density at radius 1 is 1.04 bits per heavy atom. The van der Waals surface area contributed by atoms with Gasteiger partial charge in [-0.05, 0) is 37.5 Å². The quantitative estimate of drug-likeness (QED) is 0.745. The fourth-order valence-electron chi connectivity index (χ4n) is 4.49. The number of rotatable bonds is 3. The fourth-order valence-corrected chi connectivity index (χ4v) is 4.49. The van der Waals surface area contributed by atoms with Crippen LogP contribution in [0.3, 0.4) is 0 Å². The number of anilines is 1. The molecule has 0 aromatic heterocycles. The average Bonchev–Trinajstić information content (AvgIpc) is 2.92. The number of imide groups is 2. The fraction of sp³-hybridized carbons (Fsp3) is 0.500. The maximum atomic E-state index is 12.9. The van der Waals surface area contributed by atoms with Crippen LogP contribution < -0.4 is 16.0 Å². The Labute approximate surface area is 163 Å². The Bertz CT molecular complexity index is 868. The van der Waals surface area contributed by atoms with Gasteiger partial charge in [0.25, 0.3) is 11.8 Å². The van der Waals surface area contributed by atoms with Gasteiger partial charge in [0, 0.05) is 31.2 Å². The third-order valence-electron chi connectivity index (χ3n) is 6.11. The molecule has 1 aromatic rings. The van der Waals surface area contributed by atoms with Gasteiger partial charge in [0.2, 0.25) is 11.8 Å². The van der Waals surface area contributed by atoms with Crippen LogP contribution in [0.25, 0.3) is 0 Å². The lowest BCUT2D eigenvalue weighted by molar-refractivity contribution is -0.136. The van der Waals surface area contributed by atoms with Gasteiger partial charge < -0.3 is 10.6 Å². The highest BCUT2D eigenvalue weighted by molar-refractivity contribution is 6.23. The molecule has 3 N–H and O–H groups in total. The molecule has 0 bridgehead atoms. The average molecular weight is 384 g/mol. The van der Waals surface area contributed by atoms with Crippen molar-refractivity contribution in [3.63, 3.8) is 0 Å². The van der Waals surface area contributed by atoms with Crippen LogP contribution in [0.15, 0.2) is 18.2 Å². The van der Waals surface area contributed by atoms with Crippen LogP contribution in [0.5, 0.6) is 0 Å². The third kappa shape index (κ3) is 2.97. The molecule has 1 aromatic carbocycles. The molecule has 2 aliphatic heterocycles. The van der Waals surface area contributed by atoms with Crippen molar-refractivity contribution in [1.82, 2.24) is 10.2 Å². The van der Waals surface area contributed by atoms with Gasteiger partial charge in [0.05, 0.1) is 11.1 Å². The molecule has 0 radical (unpaired) electrons. The first kappa shape index (κ1) is 18.6. The van der Waals surface area contributed by atoms with Gasteiger partial charge in [-0.1, -0.05) is 12.8 Å². The van der Waals surface area contributed by atoms with Crippen molar-refractivity contribution in [2.75, 3.05) is 11.9 Å². The van der Waals surface area contributed by atoms with Crippen LogP contribution in [0.4, 0.5) is 5.69 Å². The number of nitrogens with one attached hydrogen (secondary N) is 1. The number of amides is 4. The van der Waals surface area contributed by atoms with E-state index in [-0.39, 0.29) is 30.8 Å². The highest BCUT2D eigenvalue weighted by atomic mass is 16.2. The first-order valence-corrected chi connectivity index (χ1v) is 9.72. The molecule has 4 amide bonds. The molecule has 1 saturated heterocycles. The van der Waals surface area contributed by atoms with E-state index in [0.29, 0.717) is 11.1 Å². The second-order valence-electron chi connectivity index (χ2n) is 7.80. The molecule has 3 aliphatic rings. The van der Waals surface area contributed by atoms with Gasteiger partial charge in [-0.3, -0.25) is 29.4 Å². The number of carbonyl (C=O) groups excluding carboxylic acids is 4. The second-order valence-corrected chi connectivity index (χ2v) is 7.80. The maximum absolute atomic E-state index is 12.9. The van der Waals surface area contributed by atoms with Gasteiger partial charge in [-0.15, -0.1) is 0 Å². The van der Waals surface area contributed by atoms with E-state index in [1.807, 2.05) is 13.1 Å². The van der Waals surface area contributed by atoms with E-state index in [4.69, 9.17) is 5.73 Å². The van der Waals surface area contributed by atoms with E-state index in [1.54, 1.807) is 12.1 Å². The van der Waals surface area contributed by atoms with E-state index < -0.39 is 23.8 Å². The summed E-state index contributed by atoms with van der Waals surface area (Å²) in [5.41, 5.74) is 7.70. The number of nitrogens with two attached hydrogens (primary N) is 1. The zero-order valence-corrected chi connectivity index (χ0v) is 15.8. The van der Waals surface area contributed by atoms with Crippen molar-refractivity contribution in [3.8, 4) is 0 Å². The van der Waals surface area contributed by atoms with Crippen LogP contribution in [0.1, 0.15) is 59.2 Å². The van der Waals surface area contributed by atoms with Crippen molar-refractivity contribution in [3.05, 3.63) is 29.3 Å². The van der Waals surface area contributed by atoms with E-state index in [1.165, 1.54) is 0 Å². The lowest BCUT2D eigenvalue weighted by Gasteiger charge is -2.37. The number of fused-ring (bicyclic) bond motifs is 1. The van der Waals surface area contributed by atoms with Gasteiger partial charge in [0.1, 0.15) is 6.04 Å². The summed E-state index contributed by atoms with van der Waals surface area (Å²) in [7, 11) is 1.96. The zero-order chi connectivity index (χ0) is 20.0. The Morgan fingerprint density at radius 3 is 2.46 bits per heavy atom. The molecule has 2 fully saturated rings. The number of hydrogen-bond acceptors (Lipinski definition) is 6. The van der Waals surface area contributed by atoms with E-state index in [2.05, 4.69) is 10.2 Å². The summed E-state index contributed by atoms with van der Waals surface area (Å²) in [5.74, 6) is -1.96. The Kier molecular flexibility index (Phi) is 4.66. The van der Waals surface area contributed by atoms with Crippen molar-refractivity contribution in [2.45, 2.75) is 56.7 Å². The first-order chi connectivity index (χ1) is 13.4. The molecule has 1 saturated carbocycles. The molecule has 148 valence electrons. The summed E-state index contributed by atoms with van der Waals surface area (Å²) in [6.07, 6.45) is 4.47. The van der Waals surface area contributed by atoms with Crippen LogP contribution in [0, 0.1) is 0 Å². The molecule has 1 aliphatic carbocycles. The molecule has 28 heavy (non-hydrogen) atoms. The van der Waals surface area contributed by atoms with E-state index >= 15 is 0 Å². The lowest BCUT2D eigenvalue weighted by atomic mass is 9.89. The summed E-state index contributed by atoms with van der Waals surface area (Å²) in [6, 6.07) is 4.48. The largest absolute Gasteiger partial charge is 0.370 e. The minimum Gasteiger partial charge on any atom is -0.370 e. The molecular formula is C20H24N4O4. The highest BCUT2D eigenvalue weighted by Gasteiger charge is 2.44. The maximum Gasteiger partial charge on any atom is 0.262 e. The smallest absolute Gasteiger partial charge is 0.262 e. The molecule has 1 unspecified atom stereocenters. The zero-order valence-electron chi connectivity index (χ0n) is 15.8. The molecule has 4 rings (SSSR count). The molecule has 3 atom stereocenters. The van der Waals surface area contributed by atoms with Gasteiger partial charge in [0.15, 0.2) is 0 Å². The summed E-state index contributed by atoms with van der Waals surface area (Å²) >= 11 is 0. The van der Waals surface area contributed by atoms with Gasteiger partial charge in [-0.25, -0.2) is 0 Å². The monoisotopic (exact) mass is 384 g/mol. The number of nitrogens with zero attached hydrogens (tertiary/aromatic N) is 2. The minimum absolute atomic E-state index is 0.0734. The second kappa shape index (κ2) is 7.01. The SMILES string of the molecule is CN(c1ccc2c(c1)C(=O)N(C1CCC(=O)NC1=O)C2=O)[C@@H]1CCCC[C@@H]1N. The number of likely N-dealkylation sites (N-methyl/N-ethyl adjacent to an activating group) is 1. The molecule has 8 heteroatoms. The molecule has 0 spiro atoms. The Balaban J connectivity index is 1.60. The van der Waals surface area contributed by atoms with E-state index in [0.717, 1.165) is 36.3 Å². The summed E-state index contributed by atoms with van der Waals surface area (Å²) in [4.78, 5) is 52.3. The Hall–Kier alpha value is -2.74. The molecular weight excluding hydrogens is 360 g/mol. The predicted molar refractivity (Wildman–Crippen MR) is 102 cm³/mol. The standard InChI is InChI=1S/C20H24N4O4/c1-23(15-5-3-2-4-14(15)21)11-6-7-12-13(10-11)20(28)24(19(12)27)16-8-9-17(25)22-18(16)26/h6-7,10,14-16H,2-5,8-9,21H2,1H3,(H,22,25,26)/t14-,15+,16?/m0/s1. The molecule has 2 heterocycles. The Morgan fingerprint density at radius 2 is 1.75 bits per heavy atom. The summed E-state index contributed by atoms with van der Waals surface area (Å²) in [6.45, 7) is 0. The van der Waals surface area contributed by atoms with Gasteiger partial charge >= 0.3 is 0 Å². The van der Waals surface area contributed by atoms with Crippen molar-refractivity contribution < 1.29 is 19.2 Å². The first-order valence-electron chi connectivity index (χ1n) is 9.72. The number of hydrogen-bond donors (Lipinski definition) is 2. The third-order valence-corrected chi connectivity index (χ3v) is 6.11. The molecule has 8 nitrogen and oxygen atoms in total. The number of carbonyl (C=O) groups is 4. The van der Waals surface area contributed by atoms with Crippen molar-refractivity contribution >= 4 is 29.3 Å². The van der Waals surface area contributed by atoms with Crippen LogP contribution in [-0.2, 0) is 9.59 Å². The highest BCUT2D eigenvalue weighted by Crippen LogP contribution is 2.32. The van der Waals surface area contributed by atoms with E-state index in [9.17, 15) is 19.2 Å². The van der Waals surface area contributed by atoms with Crippen LogP contribution >= 0.6 is 0 Å². The van der Waals surface area contributed by atoms with Gasteiger partial charge in [-0.2, -0.15) is 0 Å². The van der Waals surface area contributed by atoms with Crippen molar-refractivity contribution in [1.29, 1.82) is 0 Å². The normalized spacial score (nSPS) is 27.6. The number of benzene rings is 1. The topological polar surface area (TPSA) is 113 Å². The van der Waals surface area contributed by atoms with Crippen LogP contribution in [-0.4, -0.2) is 53.7 Å². The summed E-state index contributed by atoms with van der Waals surface area (Å²) < 4.78 is 0. The van der Waals surface area contributed by atoms with Crippen molar-refractivity contribution in [2.24, 2.45) is 5.73 Å².